The number of hydrogen-bond acceptors (Lipinski definition) is 8. The van der Waals surface area contributed by atoms with Gasteiger partial charge in [0.15, 0.2) is 4.80 Å². The Bertz CT molecular complexity index is 2260. The standard InChI is InChI=1S/C33H21ClN4O6S/c34-22-11-8-21(9-12-22)31-26-14-10-20-5-1-2-7-25(20)30(26)35-33-36(31)32(39)29(45-33)17-19-4-3-6-24(16-19)44-28-15-13-23(37(40)41)18-27(28)38(42)43/h1-9,11-13,15-18,31H,10,14H2/b29-17-/t31-/m1/s1. The van der Waals surface area contributed by atoms with Gasteiger partial charge in [-0.3, -0.25) is 29.6 Å². The van der Waals surface area contributed by atoms with Crippen LogP contribution in [0.3, 0.4) is 0 Å². The van der Waals surface area contributed by atoms with E-state index in [1.54, 1.807) is 34.9 Å². The van der Waals surface area contributed by atoms with Crippen LogP contribution in [0.2, 0.25) is 5.02 Å². The number of aromatic nitrogens is 1. The Balaban J connectivity index is 1.32. The van der Waals surface area contributed by atoms with E-state index in [-0.39, 0.29) is 23.1 Å². The van der Waals surface area contributed by atoms with Crippen molar-refractivity contribution in [2.45, 2.75) is 18.9 Å². The van der Waals surface area contributed by atoms with Crippen molar-refractivity contribution in [3.63, 3.8) is 0 Å². The van der Waals surface area contributed by atoms with Crippen LogP contribution in [0, 0.1) is 20.2 Å². The van der Waals surface area contributed by atoms with Gasteiger partial charge in [0.1, 0.15) is 5.75 Å². The predicted octanol–water partition coefficient (Wildman–Crippen LogP) is 6.58. The number of fused-ring (bicyclic) bond motifs is 3. The Labute approximate surface area is 263 Å². The maximum atomic E-state index is 14.0. The number of nitro benzene ring substituents is 2. The first-order valence-electron chi connectivity index (χ1n) is 13.9. The zero-order valence-electron chi connectivity index (χ0n) is 23.3. The highest BCUT2D eigenvalue weighted by Gasteiger charge is 2.32. The molecule has 0 spiro atoms. The molecule has 0 amide bonds. The van der Waals surface area contributed by atoms with Gasteiger partial charge in [-0.2, -0.15) is 0 Å². The highest BCUT2D eigenvalue weighted by atomic mass is 35.5. The maximum Gasteiger partial charge on any atom is 0.318 e. The van der Waals surface area contributed by atoms with Crippen LogP contribution < -0.4 is 19.6 Å². The van der Waals surface area contributed by atoms with Crippen molar-refractivity contribution in [1.29, 1.82) is 0 Å². The van der Waals surface area contributed by atoms with E-state index in [2.05, 4.69) is 12.1 Å². The molecule has 0 N–H and O–H groups in total. The van der Waals surface area contributed by atoms with Gasteiger partial charge < -0.3 is 4.74 Å². The average molecular weight is 637 g/mol. The predicted molar refractivity (Wildman–Crippen MR) is 170 cm³/mol. The van der Waals surface area contributed by atoms with Gasteiger partial charge in [-0.05, 0) is 71.5 Å². The monoisotopic (exact) mass is 636 g/mol. The Kier molecular flexibility index (Phi) is 7.11. The van der Waals surface area contributed by atoms with Crippen LogP contribution in [0.1, 0.15) is 34.7 Å². The summed E-state index contributed by atoms with van der Waals surface area (Å²) in [5, 5.41) is 23.3. The second kappa shape index (κ2) is 11.3. The van der Waals surface area contributed by atoms with Crippen LogP contribution in [0.15, 0.2) is 106 Å². The van der Waals surface area contributed by atoms with Gasteiger partial charge in [0.25, 0.3) is 11.2 Å². The number of hydrogen-bond donors (Lipinski definition) is 0. The summed E-state index contributed by atoms with van der Waals surface area (Å²) in [5.41, 5.74) is 4.69. The molecule has 12 heteroatoms. The quantitative estimate of drug-likeness (QED) is 0.153. The second-order valence-electron chi connectivity index (χ2n) is 10.5. The minimum Gasteiger partial charge on any atom is -0.450 e. The normalized spacial score (nSPS) is 15.5. The Hall–Kier alpha value is -5.39. The molecule has 4 aromatic carbocycles. The van der Waals surface area contributed by atoms with Crippen molar-refractivity contribution in [2.24, 2.45) is 4.99 Å². The molecule has 5 aromatic rings. The molecule has 222 valence electrons. The van der Waals surface area contributed by atoms with E-state index in [0.717, 1.165) is 47.4 Å². The van der Waals surface area contributed by atoms with Gasteiger partial charge in [-0.15, -0.1) is 0 Å². The number of non-ortho nitro benzene ring substituents is 1. The summed E-state index contributed by atoms with van der Waals surface area (Å²) in [4.78, 5) is 40.9. The summed E-state index contributed by atoms with van der Waals surface area (Å²) < 4.78 is 7.98. The summed E-state index contributed by atoms with van der Waals surface area (Å²) in [7, 11) is 0. The molecule has 1 aliphatic carbocycles. The molecule has 7 rings (SSSR count). The minimum absolute atomic E-state index is 0.143. The fraction of sp³-hybridized carbons (Fsp3) is 0.0909. The van der Waals surface area contributed by atoms with Gasteiger partial charge in [0, 0.05) is 16.7 Å². The first-order valence-corrected chi connectivity index (χ1v) is 15.1. The number of rotatable bonds is 6. The summed E-state index contributed by atoms with van der Waals surface area (Å²) in [6, 6.07) is 25.3. The fourth-order valence-corrected chi connectivity index (χ4v) is 6.89. The van der Waals surface area contributed by atoms with Gasteiger partial charge in [0.05, 0.1) is 32.2 Å². The average Bonchev–Trinajstić information content (AvgIpc) is 3.34. The zero-order valence-corrected chi connectivity index (χ0v) is 24.8. The number of halogens is 1. The number of nitrogens with zero attached hydrogens (tertiary/aromatic N) is 4. The van der Waals surface area contributed by atoms with E-state index in [0.29, 0.717) is 19.9 Å². The third-order valence-electron chi connectivity index (χ3n) is 7.79. The lowest BCUT2D eigenvalue weighted by Gasteiger charge is -2.30. The number of aryl methyl sites for hydroxylation is 1. The number of ether oxygens (including phenoxy) is 1. The molecule has 1 aliphatic heterocycles. The third kappa shape index (κ3) is 5.22. The number of benzene rings is 4. The summed E-state index contributed by atoms with van der Waals surface area (Å²) in [6.07, 6.45) is 3.34. The SMILES string of the molecule is O=c1/c(=C/c2cccc(Oc3ccc([N+](=O)[O-])cc3[N+](=O)[O-])c2)sc2n1[C@H](c1ccc(Cl)cc1)C1=C(N=2)c2ccccc2CC1. The number of thiazole rings is 1. The lowest BCUT2D eigenvalue weighted by Crippen LogP contribution is -2.38. The van der Waals surface area contributed by atoms with Gasteiger partial charge in [-0.1, -0.05) is 71.5 Å². The topological polar surface area (TPSA) is 130 Å². The largest absolute Gasteiger partial charge is 0.450 e. The molecule has 0 bridgehead atoms. The maximum absolute atomic E-state index is 14.0. The smallest absolute Gasteiger partial charge is 0.318 e. The van der Waals surface area contributed by atoms with Gasteiger partial charge >= 0.3 is 5.69 Å². The van der Waals surface area contributed by atoms with Crippen LogP contribution >= 0.6 is 22.9 Å². The molecule has 10 nitrogen and oxygen atoms in total. The summed E-state index contributed by atoms with van der Waals surface area (Å²) in [6.45, 7) is 0. The summed E-state index contributed by atoms with van der Waals surface area (Å²) in [5.74, 6) is 0.121. The molecule has 0 fully saturated rings. The Morgan fingerprint density at radius 2 is 1.73 bits per heavy atom. The molecule has 45 heavy (non-hydrogen) atoms. The van der Waals surface area contributed by atoms with Crippen LogP contribution in [0.4, 0.5) is 11.4 Å². The number of nitro groups is 2. The molecular formula is C33H21ClN4O6S. The molecule has 0 saturated heterocycles. The molecule has 1 atom stereocenters. The van der Waals surface area contributed by atoms with E-state index in [1.807, 2.05) is 36.4 Å². The van der Waals surface area contributed by atoms with Crippen molar-refractivity contribution < 1.29 is 14.6 Å². The Morgan fingerprint density at radius 3 is 2.51 bits per heavy atom. The van der Waals surface area contributed by atoms with Gasteiger partial charge in [0.2, 0.25) is 5.75 Å². The van der Waals surface area contributed by atoms with E-state index < -0.39 is 21.2 Å². The molecular weight excluding hydrogens is 616 g/mol. The second-order valence-corrected chi connectivity index (χ2v) is 12.0. The lowest BCUT2D eigenvalue weighted by atomic mass is 9.83. The van der Waals surface area contributed by atoms with Crippen LogP contribution in [0.25, 0.3) is 11.8 Å². The summed E-state index contributed by atoms with van der Waals surface area (Å²) >= 11 is 7.50. The van der Waals surface area contributed by atoms with Crippen molar-refractivity contribution in [3.8, 4) is 11.5 Å². The van der Waals surface area contributed by atoms with Crippen molar-refractivity contribution >= 4 is 46.1 Å². The third-order valence-corrected chi connectivity index (χ3v) is 9.03. The molecule has 2 aliphatic rings. The highest BCUT2D eigenvalue weighted by molar-refractivity contribution is 7.07. The first kappa shape index (κ1) is 28.4. The molecule has 0 radical (unpaired) electrons. The van der Waals surface area contributed by atoms with E-state index >= 15 is 0 Å². The zero-order chi connectivity index (χ0) is 31.2. The van der Waals surface area contributed by atoms with Crippen molar-refractivity contribution in [2.75, 3.05) is 0 Å². The van der Waals surface area contributed by atoms with Crippen LogP contribution in [-0.4, -0.2) is 14.4 Å². The fourth-order valence-electron chi connectivity index (χ4n) is 5.76. The van der Waals surface area contributed by atoms with Crippen molar-refractivity contribution in [3.05, 3.63) is 164 Å². The minimum atomic E-state index is -0.734. The van der Waals surface area contributed by atoms with Crippen LogP contribution in [0.5, 0.6) is 11.5 Å². The van der Waals surface area contributed by atoms with E-state index in [1.165, 1.54) is 23.0 Å². The number of allylic oxidation sites excluding steroid dienone is 1. The Morgan fingerprint density at radius 1 is 0.933 bits per heavy atom. The lowest BCUT2D eigenvalue weighted by molar-refractivity contribution is -0.394. The van der Waals surface area contributed by atoms with Gasteiger partial charge in [-0.25, -0.2) is 4.99 Å². The van der Waals surface area contributed by atoms with Crippen molar-refractivity contribution in [1.82, 2.24) is 4.57 Å². The first-order chi connectivity index (χ1) is 21.8. The van der Waals surface area contributed by atoms with E-state index in [9.17, 15) is 25.0 Å². The molecule has 1 aromatic heterocycles. The molecule has 0 saturated carbocycles. The molecule has 2 heterocycles. The highest BCUT2D eigenvalue weighted by Crippen LogP contribution is 2.41. The van der Waals surface area contributed by atoms with E-state index in [4.69, 9.17) is 21.3 Å². The van der Waals surface area contributed by atoms with Crippen LogP contribution in [-0.2, 0) is 6.42 Å². The molecule has 0 unspecified atom stereocenters.